The highest BCUT2D eigenvalue weighted by Gasteiger charge is 2.45. The molecule has 0 radical (unpaired) electrons. The molecule has 1 unspecified atom stereocenters. The Morgan fingerprint density at radius 3 is 3.25 bits per heavy atom. The lowest BCUT2D eigenvalue weighted by atomic mass is 9.93. The summed E-state index contributed by atoms with van der Waals surface area (Å²) in [6.07, 6.45) is 3.32. The van der Waals surface area contributed by atoms with Crippen LogP contribution in [0.1, 0.15) is 19.3 Å². The molecule has 0 spiro atoms. The van der Waals surface area contributed by atoms with Gasteiger partial charge in [-0.15, -0.1) is 0 Å². The van der Waals surface area contributed by atoms with Crippen molar-refractivity contribution in [2.75, 3.05) is 19.6 Å². The maximum Gasteiger partial charge on any atom is 0.0998 e. The van der Waals surface area contributed by atoms with Crippen LogP contribution in [-0.4, -0.2) is 30.1 Å². The van der Waals surface area contributed by atoms with E-state index in [9.17, 15) is 4.91 Å². The molecule has 1 atom stereocenters. The highest BCUT2D eigenvalue weighted by molar-refractivity contribution is 5.18. The molecule has 0 saturated carbocycles. The van der Waals surface area contributed by atoms with Gasteiger partial charge in [0.1, 0.15) is 0 Å². The van der Waals surface area contributed by atoms with E-state index in [1.165, 1.54) is 12.0 Å². The molecule has 2 aliphatic rings. The molecule has 66 valence electrons. The van der Waals surface area contributed by atoms with Crippen LogP contribution < -0.4 is 0 Å². The summed E-state index contributed by atoms with van der Waals surface area (Å²) < 4.78 is 0. The van der Waals surface area contributed by atoms with Gasteiger partial charge in [-0.1, -0.05) is 17.3 Å². The van der Waals surface area contributed by atoms with Crippen molar-refractivity contribution in [1.29, 1.82) is 0 Å². The number of nitrogens with zero attached hydrogens (tertiary/aromatic N) is 2. The monoisotopic (exact) mass is 166 g/mol. The van der Waals surface area contributed by atoms with Crippen LogP contribution in [0, 0.1) is 4.91 Å². The molecular formula is C9H14N2O. The largest absolute Gasteiger partial charge is 0.291 e. The molecule has 2 rings (SSSR count). The van der Waals surface area contributed by atoms with Gasteiger partial charge < -0.3 is 0 Å². The molecule has 0 bridgehead atoms. The second kappa shape index (κ2) is 2.66. The summed E-state index contributed by atoms with van der Waals surface area (Å²) in [5, 5.41) is 3.05. The summed E-state index contributed by atoms with van der Waals surface area (Å²) in [6.45, 7) is 6.53. The van der Waals surface area contributed by atoms with Crippen molar-refractivity contribution in [1.82, 2.24) is 4.90 Å². The summed E-state index contributed by atoms with van der Waals surface area (Å²) in [5.41, 5.74) is 1.34. The minimum absolute atomic E-state index is 0.0822. The predicted octanol–water partition coefficient (Wildman–Crippen LogP) is 1.55. The average molecular weight is 166 g/mol. The maximum absolute atomic E-state index is 10.3. The number of hydrogen-bond donors (Lipinski definition) is 0. The molecular weight excluding hydrogens is 152 g/mol. The van der Waals surface area contributed by atoms with Gasteiger partial charge in [0.2, 0.25) is 0 Å². The molecule has 2 fully saturated rings. The standard InChI is InChI=1S/C9H14N2O/c1-8-5-9(7-10-12)3-2-4-11(9)6-8/h1-7H2. The number of fused-ring (bicyclic) bond motifs is 1. The lowest BCUT2D eigenvalue weighted by Gasteiger charge is -2.28. The summed E-state index contributed by atoms with van der Waals surface area (Å²) in [6, 6.07) is 0. The van der Waals surface area contributed by atoms with E-state index in [1.54, 1.807) is 0 Å². The Bertz CT molecular complexity index is 227. The normalized spacial score (nSPS) is 35.5. The lowest BCUT2D eigenvalue weighted by molar-refractivity contribution is 0.204. The Morgan fingerprint density at radius 2 is 2.50 bits per heavy atom. The minimum atomic E-state index is 0.0822. The lowest BCUT2D eigenvalue weighted by Crippen LogP contribution is -2.40. The molecule has 3 heteroatoms. The summed E-state index contributed by atoms with van der Waals surface area (Å²) in [4.78, 5) is 12.7. The van der Waals surface area contributed by atoms with Crippen LogP contribution in [0.15, 0.2) is 17.3 Å². The summed E-state index contributed by atoms with van der Waals surface area (Å²) in [5.74, 6) is 0. The average Bonchev–Trinajstić information content (AvgIpc) is 2.44. The molecule has 2 saturated heterocycles. The van der Waals surface area contributed by atoms with Gasteiger partial charge in [0.25, 0.3) is 0 Å². The zero-order chi connectivity index (χ0) is 8.60. The third kappa shape index (κ3) is 1.00. The van der Waals surface area contributed by atoms with Gasteiger partial charge in [-0.2, -0.15) is 4.91 Å². The maximum atomic E-state index is 10.3. The SMILES string of the molecule is C=C1CN2CCCC2(CN=O)C1. The van der Waals surface area contributed by atoms with Gasteiger partial charge in [0.15, 0.2) is 0 Å². The fourth-order valence-corrected chi connectivity index (χ4v) is 2.59. The highest BCUT2D eigenvalue weighted by atomic mass is 16.3. The third-order valence-corrected chi connectivity index (χ3v) is 3.09. The van der Waals surface area contributed by atoms with Crippen LogP contribution >= 0.6 is 0 Å². The second-order valence-electron chi connectivity index (χ2n) is 3.96. The molecule has 2 aliphatic heterocycles. The van der Waals surface area contributed by atoms with Gasteiger partial charge in [-0.05, 0) is 25.8 Å². The quantitative estimate of drug-likeness (QED) is 0.460. The Hall–Kier alpha value is -0.700. The number of nitroso groups, excluding NO2 is 1. The van der Waals surface area contributed by atoms with E-state index >= 15 is 0 Å². The van der Waals surface area contributed by atoms with E-state index in [1.807, 2.05) is 0 Å². The van der Waals surface area contributed by atoms with Crippen LogP contribution in [0.3, 0.4) is 0 Å². The van der Waals surface area contributed by atoms with E-state index in [-0.39, 0.29) is 5.54 Å². The zero-order valence-corrected chi connectivity index (χ0v) is 7.25. The smallest absolute Gasteiger partial charge is 0.0998 e. The summed E-state index contributed by atoms with van der Waals surface area (Å²) >= 11 is 0. The predicted molar refractivity (Wildman–Crippen MR) is 48.0 cm³/mol. The third-order valence-electron chi connectivity index (χ3n) is 3.09. The van der Waals surface area contributed by atoms with Crippen LogP contribution in [0.2, 0.25) is 0 Å². The minimum Gasteiger partial charge on any atom is -0.291 e. The molecule has 0 aliphatic carbocycles. The van der Waals surface area contributed by atoms with Crippen molar-refractivity contribution >= 4 is 0 Å². The van der Waals surface area contributed by atoms with E-state index in [0.29, 0.717) is 6.54 Å². The molecule has 2 heterocycles. The fourth-order valence-electron chi connectivity index (χ4n) is 2.59. The van der Waals surface area contributed by atoms with Gasteiger partial charge in [0.05, 0.1) is 6.54 Å². The molecule has 3 nitrogen and oxygen atoms in total. The van der Waals surface area contributed by atoms with Gasteiger partial charge in [0, 0.05) is 12.1 Å². The molecule has 12 heavy (non-hydrogen) atoms. The van der Waals surface area contributed by atoms with Crippen molar-refractivity contribution < 1.29 is 0 Å². The fraction of sp³-hybridized carbons (Fsp3) is 0.778. The van der Waals surface area contributed by atoms with E-state index in [0.717, 1.165) is 25.9 Å². The molecule has 0 N–H and O–H groups in total. The van der Waals surface area contributed by atoms with E-state index in [2.05, 4.69) is 16.7 Å². The molecule has 0 aromatic rings. The van der Waals surface area contributed by atoms with Crippen molar-refractivity contribution in [2.45, 2.75) is 24.8 Å². The van der Waals surface area contributed by atoms with Crippen LogP contribution in [-0.2, 0) is 0 Å². The van der Waals surface area contributed by atoms with E-state index in [4.69, 9.17) is 0 Å². The Labute approximate surface area is 72.4 Å². The van der Waals surface area contributed by atoms with Crippen LogP contribution in [0.4, 0.5) is 0 Å². The zero-order valence-electron chi connectivity index (χ0n) is 7.25. The first-order chi connectivity index (χ1) is 5.77. The topological polar surface area (TPSA) is 32.7 Å². The summed E-state index contributed by atoms with van der Waals surface area (Å²) in [7, 11) is 0. The van der Waals surface area contributed by atoms with E-state index < -0.39 is 0 Å². The van der Waals surface area contributed by atoms with Gasteiger partial charge in [-0.25, -0.2) is 0 Å². The van der Waals surface area contributed by atoms with Gasteiger partial charge >= 0.3 is 0 Å². The Balaban J connectivity index is 2.19. The first kappa shape index (κ1) is 7.92. The molecule has 0 amide bonds. The van der Waals surface area contributed by atoms with Crippen molar-refractivity contribution in [3.05, 3.63) is 17.1 Å². The highest BCUT2D eigenvalue weighted by Crippen LogP contribution is 2.40. The Morgan fingerprint density at radius 1 is 1.67 bits per heavy atom. The van der Waals surface area contributed by atoms with Crippen molar-refractivity contribution in [3.8, 4) is 0 Å². The second-order valence-corrected chi connectivity index (χ2v) is 3.96. The first-order valence-electron chi connectivity index (χ1n) is 4.48. The van der Waals surface area contributed by atoms with Crippen molar-refractivity contribution in [3.63, 3.8) is 0 Å². The van der Waals surface area contributed by atoms with Crippen LogP contribution in [0.5, 0.6) is 0 Å². The Kier molecular flexibility index (Phi) is 1.76. The molecule has 0 aromatic carbocycles. The number of rotatable bonds is 2. The number of hydrogen-bond acceptors (Lipinski definition) is 3. The van der Waals surface area contributed by atoms with Crippen LogP contribution in [0.25, 0.3) is 0 Å². The first-order valence-corrected chi connectivity index (χ1v) is 4.48. The van der Waals surface area contributed by atoms with Gasteiger partial charge in [-0.3, -0.25) is 4.90 Å². The van der Waals surface area contributed by atoms with Crippen molar-refractivity contribution in [2.24, 2.45) is 5.18 Å². The molecule has 0 aromatic heterocycles.